The number of hydrogen-bond donors (Lipinski definition) is 3. The number of aryl methyl sites for hydroxylation is 1. The first-order valence-corrected chi connectivity index (χ1v) is 12.3. The number of fused-ring (bicyclic) bond motifs is 1. The highest BCUT2D eigenvalue weighted by molar-refractivity contribution is 8.01. The minimum atomic E-state index is -0.485. The van der Waals surface area contributed by atoms with Crippen molar-refractivity contribution in [1.29, 1.82) is 0 Å². The Bertz CT molecular complexity index is 1090. The van der Waals surface area contributed by atoms with Crippen LogP contribution in [0, 0.1) is 0 Å². The summed E-state index contributed by atoms with van der Waals surface area (Å²) in [5, 5.41) is 15.5. The van der Waals surface area contributed by atoms with E-state index in [1.54, 1.807) is 7.11 Å². The molecule has 0 bridgehead atoms. The lowest BCUT2D eigenvalue weighted by Crippen LogP contribution is -2.19. The second-order valence-corrected chi connectivity index (χ2v) is 10.1. The predicted molar refractivity (Wildman–Crippen MR) is 125 cm³/mol. The van der Waals surface area contributed by atoms with Crippen molar-refractivity contribution >= 4 is 62.1 Å². The third kappa shape index (κ3) is 5.17. The van der Waals surface area contributed by atoms with Crippen molar-refractivity contribution < 1.29 is 14.3 Å². The van der Waals surface area contributed by atoms with Crippen molar-refractivity contribution in [3.8, 4) is 5.75 Å². The molecule has 0 saturated heterocycles. The van der Waals surface area contributed by atoms with E-state index in [9.17, 15) is 9.59 Å². The SMILES string of the molecule is COc1ccc(Nc2nnc(SCC(=O)Nc3sc4c(c3C(N)=O)CCCC4)s2)cc1. The molecule has 1 aromatic carbocycles. The highest BCUT2D eigenvalue weighted by Crippen LogP contribution is 2.38. The molecule has 1 aliphatic carbocycles. The van der Waals surface area contributed by atoms with E-state index >= 15 is 0 Å². The van der Waals surface area contributed by atoms with Crippen molar-refractivity contribution in [1.82, 2.24) is 10.2 Å². The Labute approximate surface area is 191 Å². The minimum Gasteiger partial charge on any atom is -0.497 e. The number of benzene rings is 1. The van der Waals surface area contributed by atoms with Gasteiger partial charge in [-0.3, -0.25) is 9.59 Å². The average molecular weight is 476 g/mol. The van der Waals surface area contributed by atoms with Crippen molar-refractivity contribution in [3.05, 3.63) is 40.3 Å². The van der Waals surface area contributed by atoms with Crippen molar-refractivity contribution in [2.75, 3.05) is 23.5 Å². The number of nitrogens with zero attached hydrogens (tertiary/aromatic N) is 2. The molecule has 8 nitrogen and oxygen atoms in total. The summed E-state index contributed by atoms with van der Waals surface area (Å²) in [6.45, 7) is 0. The number of nitrogens with one attached hydrogen (secondary N) is 2. The maximum Gasteiger partial charge on any atom is 0.251 e. The van der Waals surface area contributed by atoms with E-state index in [4.69, 9.17) is 10.5 Å². The number of aromatic nitrogens is 2. The van der Waals surface area contributed by atoms with Crippen LogP contribution < -0.4 is 21.1 Å². The van der Waals surface area contributed by atoms with Crippen LogP contribution in [0.5, 0.6) is 5.75 Å². The number of carbonyl (C=O) groups is 2. The third-order valence-electron chi connectivity index (χ3n) is 4.75. The largest absolute Gasteiger partial charge is 0.497 e. The van der Waals surface area contributed by atoms with Crippen molar-refractivity contribution in [3.63, 3.8) is 0 Å². The predicted octanol–water partition coefficient (Wildman–Crippen LogP) is 4.06. The van der Waals surface area contributed by atoms with E-state index in [2.05, 4.69) is 20.8 Å². The van der Waals surface area contributed by atoms with Gasteiger partial charge in [-0.1, -0.05) is 23.1 Å². The molecule has 2 amide bonds. The Kier molecular flexibility index (Phi) is 6.73. The molecule has 0 radical (unpaired) electrons. The summed E-state index contributed by atoms with van der Waals surface area (Å²) in [6.07, 6.45) is 3.90. The first-order chi connectivity index (χ1) is 15.0. The molecule has 0 aliphatic heterocycles. The van der Waals surface area contributed by atoms with Crippen molar-refractivity contribution in [2.24, 2.45) is 5.73 Å². The Balaban J connectivity index is 1.34. The number of primary amides is 1. The number of anilines is 3. The molecule has 0 atom stereocenters. The molecular formula is C20H21N5O3S3. The summed E-state index contributed by atoms with van der Waals surface area (Å²) in [5.41, 5.74) is 7.93. The molecule has 1 aliphatic rings. The number of methoxy groups -OCH3 is 1. The van der Waals surface area contributed by atoms with Gasteiger partial charge < -0.3 is 21.1 Å². The maximum atomic E-state index is 12.5. The smallest absolute Gasteiger partial charge is 0.251 e. The van der Waals surface area contributed by atoms with Gasteiger partial charge in [-0.2, -0.15) is 0 Å². The lowest BCUT2D eigenvalue weighted by Gasteiger charge is -2.11. The first kappa shape index (κ1) is 21.6. The molecule has 11 heteroatoms. The van der Waals surface area contributed by atoms with Gasteiger partial charge in [-0.25, -0.2) is 0 Å². The zero-order valence-electron chi connectivity index (χ0n) is 16.8. The summed E-state index contributed by atoms with van der Waals surface area (Å²) < 4.78 is 5.82. The van der Waals surface area contributed by atoms with Crippen LogP contribution in [0.3, 0.4) is 0 Å². The Hall–Kier alpha value is -2.63. The molecule has 4 rings (SSSR count). The number of carbonyl (C=O) groups excluding carboxylic acids is 2. The third-order valence-corrected chi connectivity index (χ3v) is 7.92. The number of hydrogen-bond acceptors (Lipinski definition) is 9. The Morgan fingerprint density at radius 3 is 2.68 bits per heavy atom. The number of ether oxygens (including phenoxy) is 1. The van der Waals surface area contributed by atoms with Crippen LogP contribution in [-0.2, 0) is 17.6 Å². The summed E-state index contributed by atoms with van der Waals surface area (Å²) in [7, 11) is 1.62. The molecule has 0 spiro atoms. The molecule has 0 saturated carbocycles. The first-order valence-electron chi connectivity index (χ1n) is 9.65. The summed E-state index contributed by atoms with van der Waals surface area (Å²) in [6, 6.07) is 7.48. The lowest BCUT2D eigenvalue weighted by molar-refractivity contribution is -0.113. The fourth-order valence-corrected chi connectivity index (χ4v) is 6.20. The summed E-state index contributed by atoms with van der Waals surface area (Å²) >= 11 is 4.12. The highest BCUT2D eigenvalue weighted by atomic mass is 32.2. The van der Waals surface area contributed by atoms with E-state index in [-0.39, 0.29) is 11.7 Å². The zero-order chi connectivity index (χ0) is 21.8. The molecule has 2 aromatic heterocycles. The topological polar surface area (TPSA) is 119 Å². The number of nitrogens with two attached hydrogens (primary N) is 1. The van der Waals surface area contributed by atoms with Gasteiger partial charge in [0.15, 0.2) is 4.34 Å². The van der Waals surface area contributed by atoms with Gasteiger partial charge in [0.1, 0.15) is 10.8 Å². The molecule has 162 valence electrons. The average Bonchev–Trinajstić information content (AvgIpc) is 3.36. The van der Waals surface area contributed by atoms with Gasteiger partial charge in [0.05, 0.1) is 18.4 Å². The van der Waals surface area contributed by atoms with Crippen LogP contribution >= 0.6 is 34.4 Å². The fraction of sp³-hybridized carbons (Fsp3) is 0.300. The van der Waals surface area contributed by atoms with Gasteiger partial charge in [-0.05, 0) is 55.5 Å². The lowest BCUT2D eigenvalue weighted by atomic mass is 9.95. The standard InChI is InChI=1S/C20H21N5O3S3/c1-28-12-8-6-11(7-9-12)22-19-24-25-20(31-19)29-10-15(26)23-18-16(17(21)27)13-4-2-3-5-14(13)30-18/h6-9H,2-5,10H2,1H3,(H2,21,27)(H,22,24)(H,23,26). The van der Waals surface area contributed by atoms with Crippen LogP contribution in [0.15, 0.2) is 28.6 Å². The van der Waals surface area contributed by atoms with E-state index in [0.29, 0.717) is 20.0 Å². The van der Waals surface area contributed by atoms with Gasteiger partial charge in [0.2, 0.25) is 11.0 Å². The number of thioether (sulfide) groups is 1. The van der Waals surface area contributed by atoms with Crippen LogP contribution in [-0.4, -0.2) is 34.9 Å². The normalized spacial score (nSPS) is 12.8. The maximum absolute atomic E-state index is 12.5. The van der Waals surface area contributed by atoms with Gasteiger partial charge in [0, 0.05) is 10.6 Å². The molecule has 4 N–H and O–H groups in total. The minimum absolute atomic E-state index is 0.165. The summed E-state index contributed by atoms with van der Waals surface area (Å²) in [5.74, 6) is 0.251. The van der Waals surface area contributed by atoms with Gasteiger partial charge in [0.25, 0.3) is 5.91 Å². The Morgan fingerprint density at radius 2 is 1.94 bits per heavy atom. The quantitative estimate of drug-likeness (QED) is 0.420. The second-order valence-electron chi connectivity index (χ2n) is 6.84. The van der Waals surface area contributed by atoms with Crippen LogP contribution in [0.1, 0.15) is 33.6 Å². The molecular weight excluding hydrogens is 454 g/mol. The van der Waals surface area contributed by atoms with Gasteiger partial charge in [-0.15, -0.1) is 21.5 Å². The molecule has 0 unspecified atom stereocenters. The molecule has 2 heterocycles. The van der Waals surface area contributed by atoms with E-state index in [0.717, 1.165) is 47.6 Å². The van der Waals surface area contributed by atoms with Crippen molar-refractivity contribution in [2.45, 2.75) is 30.0 Å². The highest BCUT2D eigenvalue weighted by Gasteiger charge is 2.25. The van der Waals surface area contributed by atoms with E-state index in [1.165, 1.54) is 34.4 Å². The zero-order valence-corrected chi connectivity index (χ0v) is 19.2. The monoisotopic (exact) mass is 475 g/mol. The van der Waals surface area contributed by atoms with Crippen LogP contribution in [0.2, 0.25) is 0 Å². The second kappa shape index (κ2) is 9.67. The molecule has 0 fully saturated rings. The van der Waals surface area contributed by atoms with E-state index in [1.807, 2.05) is 24.3 Å². The fourth-order valence-electron chi connectivity index (χ4n) is 3.32. The molecule has 3 aromatic rings. The van der Waals surface area contributed by atoms with E-state index < -0.39 is 5.91 Å². The molecule has 31 heavy (non-hydrogen) atoms. The number of rotatable bonds is 8. The van der Waals surface area contributed by atoms with Crippen LogP contribution in [0.25, 0.3) is 0 Å². The van der Waals surface area contributed by atoms with Gasteiger partial charge >= 0.3 is 0 Å². The Morgan fingerprint density at radius 1 is 1.16 bits per heavy atom. The number of thiophene rings is 1. The van der Waals surface area contributed by atoms with Crippen LogP contribution in [0.4, 0.5) is 15.8 Å². The number of amides is 2. The summed E-state index contributed by atoms with van der Waals surface area (Å²) in [4.78, 5) is 25.6.